The molecule has 1 rings (SSSR count). The van der Waals surface area contributed by atoms with Crippen molar-refractivity contribution in [1.82, 2.24) is 9.39 Å². The highest BCUT2D eigenvalue weighted by atomic mass is 32.5. The first-order valence-corrected chi connectivity index (χ1v) is 12.3. The number of rotatable bonds is 6. The molecule has 1 atom stereocenters. The lowest BCUT2D eigenvalue weighted by atomic mass is 9.97. The molecule has 0 aliphatic carbocycles. The lowest BCUT2D eigenvalue weighted by molar-refractivity contribution is 0.0505. The quantitative estimate of drug-likeness (QED) is 0.234. The summed E-state index contributed by atoms with van der Waals surface area (Å²) < 4.78 is 25.4. The Morgan fingerprint density at radius 1 is 1.50 bits per heavy atom. The second-order valence-corrected chi connectivity index (χ2v) is 11.6. The first-order valence-electron chi connectivity index (χ1n) is 7.22. The van der Waals surface area contributed by atoms with Crippen LogP contribution in [0.2, 0.25) is 0 Å². The summed E-state index contributed by atoms with van der Waals surface area (Å²) in [5.74, 6) is -0.158. The maximum Gasteiger partial charge on any atom is 0.434 e. The molecule has 0 radical (unpaired) electrons. The van der Waals surface area contributed by atoms with Crippen molar-refractivity contribution in [2.75, 3.05) is 31.9 Å². The highest BCUT2D eigenvalue weighted by Crippen LogP contribution is 2.57. The first kappa shape index (κ1) is 22.0. The van der Waals surface area contributed by atoms with Crippen LogP contribution in [0, 0.1) is 5.41 Å². The monoisotopic (exact) mass is 417 g/mol. The van der Waals surface area contributed by atoms with E-state index in [0.717, 1.165) is 0 Å². The van der Waals surface area contributed by atoms with Gasteiger partial charge in [0.05, 0.1) is 13.2 Å². The van der Waals surface area contributed by atoms with E-state index in [1.165, 1.54) is 15.8 Å². The Kier molecular flexibility index (Phi) is 8.81. The predicted octanol–water partition coefficient (Wildman–Crippen LogP) is 2.65. The third-order valence-electron chi connectivity index (χ3n) is 2.91. The number of nitrogens with one attached hydrogen (secondary N) is 1. The summed E-state index contributed by atoms with van der Waals surface area (Å²) in [7, 11) is -1.59. The number of thioether (sulfide) groups is 1. The van der Waals surface area contributed by atoms with Crippen LogP contribution in [0.15, 0.2) is 5.16 Å². The molecule has 24 heavy (non-hydrogen) atoms. The zero-order valence-corrected chi connectivity index (χ0v) is 17.8. The van der Waals surface area contributed by atoms with Crippen LogP contribution in [0.4, 0.5) is 4.79 Å². The van der Waals surface area contributed by atoms with Crippen molar-refractivity contribution < 1.29 is 22.9 Å². The molecule has 12 heteroatoms. The summed E-state index contributed by atoms with van der Waals surface area (Å²) in [5.41, 5.74) is -0.127. The van der Waals surface area contributed by atoms with Crippen LogP contribution >= 0.6 is 18.4 Å². The van der Waals surface area contributed by atoms with Crippen molar-refractivity contribution in [2.24, 2.45) is 10.6 Å². The molecule has 1 saturated heterocycles. The van der Waals surface area contributed by atoms with Gasteiger partial charge >= 0.3 is 6.09 Å². The Labute approximate surface area is 154 Å². The number of carbonyl (C=O) groups is 1. The highest BCUT2D eigenvalue weighted by molar-refractivity contribution is 8.13. The number of hydrogen-bond donors (Lipinski definition) is 1. The summed E-state index contributed by atoms with van der Waals surface area (Å²) >= 11 is 6.82. The van der Waals surface area contributed by atoms with E-state index < -0.39 is 23.7 Å². The molecule has 1 amide bonds. The minimum absolute atomic E-state index is 0.127. The molecule has 1 unspecified atom stereocenters. The van der Waals surface area contributed by atoms with Gasteiger partial charge in [-0.1, -0.05) is 25.9 Å². The van der Waals surface area contributed by atoms with E-state index in [9.17, 15) is 9.00 Å². The Bertz CT molecular complexity index is 544. The molecule has 1 heterocycles. The molecule has 8 nitrogen and oxygen atoms in total. The molecule has 0 bridgehead atoms. The Morgan fingerprint density at radius 3 is 2.58 bits per heavy atom. The Morgan fingerprint density at radius 2 is 2.08 bits per heavy atom. The molecule has 0 aromatic heterocycles. The van der Waals surface area contributed by atoms with Gasteiger partial charge < -0.3 is 14.4 Å². The SMILES string of the molecule is CCN(S(=O)CNC(=O)O/N=C(\C)SC)P1(=S)OCC(C)(C)CO1. The van der Waals surface area contributed by atoms with Gasteiger partial charge in [-0.15, -0.1) is 15.8 Å². The minimum atomic E-state index is -2.81. The van der Waals surface area contributed by atoms with E-state index in [4.69, 9.17) is 20.9 Å². The molecular weight excluding hydrogens is 393 g/mol. The number of nitrogens with zero attached hydrogens (tertiary/aromatic N) is 2. The van der Waals surface area contributed by atoms with E-state index in [1.807, 2.05) is 27.0 Å². The van der Waals surface area contributed by atoms with E-state index in [2.05, 4.69) is 15.3 Å². The molecule has 1 N–H and O–H groups in total. The second kappa shape index (κ2) is 9.61. The standard InChI is InChI=1S/C12H24N3O5PS3/c1-6-15(21(22)18-7-12(3,4)8-19-21)24(17)9-13-11(16)20-14-10(2)23-5/h6-9H2,1-5H3,(H,13,16)/b14-10+. The molecule has 1 aliphatic heterocycles. The van der Waals surface area contributed by atoms with Crippen LogP contribution in [0.1, 0.15) is 27.7 Å². The fourth-order valence-corrected chi connectivity index (χ4v) is 6.69. The summed E-state index contributed by atoms with van der Waals surface area (Å²) in [5, 5.41) is 6.59. The average Bonchev–Trinajstić information content (AvgIpc) is 2.54. The number of amides is 1. The third kappa shape index (κ3) is 6.70. The van der Waals surface area contributed by atoms with Crippen LogP contribution in [0.3, 0.4) is 0 Å². The lowest BCUT2D eigenvalue weighted by Crippen LogP contribution is -2.38. The maximum atomic E-state index is 12.5. The van der Waals surface area contributed by atoms with Crippen molar-refractivity contribution in [1.29, 1.82) is 0 Å². The van der Waals surface area contributed by atoms with E-state index in [-0.39, 0.29) is 11.3 Å². The molecule has 140 valence electrons. The van der Waals surface area contributed by atoms with Gasteiger partial charge in [0, 0.05) is 12.0 Å². The first-order chi connectivity index (χ1) is 11.1. The molecular formula is C12H24N3O5PS3. The van der Waals surface area contributed by atoms with Gasteiger partial charge in [0.1, 0.15) is 21.9 Å². The molecule has 0 saturated carbocycles. The topological polar surface area (TPSA) is 89.5 Å². The van der Waals surface area contributed by atoms with Crippen molar-refractivity contribution in [3.63, 3.8) is 0 Å². The number of carbonyl (C=O) groups excluding carboxylic acids is 1. The normalized spacial score (nSPS) is 21.3. The molecule has 0 aromatic carbocycles. The summed E-state index contributed by atoms with van der Waals surface area (Å²) in [4.78, 5) is 16.2. The average molecular weight is 418 g/mol. The fourth-order valence-electron chi connectivity index (χ4n) is 1.52. The fraction of sp³-hybridized carbons (Fsp3) is 0.833. The van der Waals surface area contributed by atoms with Crippen molar-refractivity contribution in [2.45, 2.75) is 27.7 Å². The molecule has 0 spiro atoms. The number of hydrogen-bond acceptors (Lipinski definition) is 8. The summed E-state index contributed by atoms with van der Waals surface area (Å²) in [6, 6.07) is 0. The molecule has 0 aromatic rings. The van der Waals surface area contributed by atoms with Gasteiger partial charge in [-0.2, -0.15) is 0 Å². The van der Waals surface area contributed by atoms with E-state index in [0.29, 0.717) is 24.8 Å². The smallest absolute Gasteiger partial charge is 0.317 e. The highest BCUT2D eigenvalue weighted by Gasteiger charge is 2.39. The van der Waals surface area contributed by atoms with Gasteiger partial charge in [-0.05, 0) is 25.0 Å². The van der Waals surface area contributed by atoms with Gasteiger partial charge in [0.15, 0.2) is 0 Å². The van der Waals surface area contributed by atoms with E-state index >= 15 is 0 Å². The van der Waals surface area contributed by atoms with Crippen molar-refractivity contribution >= 4 is 52.3 Å². The molecule has 1 fully saturated rings. The minimum Gasteiger partial charge on any atom is -0.317 e. The van der Waals surface area contributed by atoms with Gasteiger partial charge in [-0.25, -0.2) is 9.00 Å². The maximum absolute atomic E-state index is 12.5. The van der Waals surface area contributed by atoms with Crippen LogP contribution in [0.25, 0.3) is 0 Å². The Hall–Kier alpha value is -0.0300. The summed E-state index contributed by atoms with van der Waals surface area (Å²) in [6.45, 7) is 5.98. The van der Waals surface area contributed by atoms with Gasteiger partial charge in [0.2, 0.25) is 0 Å². The van der Waals surface area contributed by atoms with E-state index in [1.54, 1.807) is 6.92 Å². The third-order valence-corrected chi connectivity index (χ3v) is 9.16. The van der Waals surface area contributed by atoms with Gasteiger partial charge in [0.25, 0.3) is 6.64 Å². The largest absolute Gasteiger partial charge is 0.434 e. The van der Waals surface area contributed by atoms with Gasteiger partial charge in [-0.3, -0.25) is 4.84 Å². The van der Waals surface area contributed by atoms with Crippen LogP contribution in [0.5, 0.6) is 0 Å². The second-order valence-electron chi connectivity index (χ2n) is 5.68. The molecule has 1 aliphatic rings. The zero-order valence-electron chi connectivity index (χ0n) is 14.4. The summed E-state index contributed by atoms with van der Waals surface area (Å²) in [6.07, 6.45) is 1.03. The van der Waals surface area contributed by atoms with Crippen LogP contribution in [-0.2, 0) is 36.7 Å². The van der Waals surface area contributed by atoms with Crippen molar-refractivity contribution in [3.8, 4) is 0 Å². The lowest BCUT2D eigenvalue weighted by Gasteiger charge is -2.40. The number of oxime groups is 1. The van der Waals surface area contributed by atoms with Crippen LogP contribution < -0.4 is 5.32 Å². The Balaban J connectivity index is 2.58. The predicted molar refractivity (Wildman–Crippen MR) is 102 cm³/mol. The van der Waals surface area contributed by atoms with Crippen LogP contribution in [-0.4, -0.2) is 51.3 Å². The van der Waals surface area contributed by atoms with Crippen molar-refractivity contribution in [3.05, 3.63) is 0 Å². The zero-order chi connectivity index (χ0) is 18.4.